The fourth-order valence-corrected chi connectivity index (χ4v) is 7.87. The van der Waals surface area contributed by atoms with E-state index in [9.17, 15) is 5.26 Å². The average molecular weight is 709 g/mol. The first kappa shape index (κ1) is 32.3. The summed E-state index contributed by atoms with van der Waals surface area (Å²) in [6.07, 6.45) is 0. The molecular formula is C49H32N4O2. The van der Waals surface area contributed by atoms with E-state index in [4.69, 9.17) is 24.4 Å². The van der Waals surface area contributed by atoms with E-state index in [-0.39, 0.29) is 5.41 Å². The molecule has 0 saturated heterocycles. The van der Waals surface area contributed by atoms with Crippen molar-refractivity contribution in [1.82, 2.24) is 15.0 Å². The van der Waals surface area contributed by atoms with Crippen LogP contribution in [0.5, 0.6) is 23.0 Å². The van der Waals surface area contributed by atoms with Crippen LogP contribution in [0.25, 0.3) is 67.5 Å². The summed E-state index contributed by atoms with van der Waals surface area (Å²) < 4.78 is 13.5. The first-order chi connectivity index (χ1) is 26.9. The summed E-state index contributed by atoms with van der Waals surface area (Å²) in [4.78, 5) is 15.2. The summed E-state index contributed by atoms with van der Waals surface area (Å²) in [5.41, 5.74) is 11.6. The van der Waals surface area contributed by atoms with Crippen LogP contribution >= 0.6 is 0 Å². The van der Waals surface area contributed by atoms with Gasteiger partial charge in [0.05, 0.1) is 11.6 Å². The number of benzene rings is 7. The van der Waals surface area contributed by atoms with Gasteiger partial charge in [0.25, 0.3) is 0 Å². The zero-order chi connectivity index (χ0) is 37.1. The van der Waals surface area contributed by atoms with Crippen molar-refractivity contribution in [2.75, 3.05) is 0 Å². The second kappa shape index (κ2) is 12.6. The molecule has 6 heteroatoms. The lowest BCUT2D eigenvalue weighted by atomic mass is 9.82. The highest BCUT2D eigenvalue weighted by Crippen LogP contribution is 2.56. The molecule has 0 radical (unpaired) electrons. The molecule has 0 atom stereocenters. The SMILES string of the molecule is CC1(C)c2ccccc2-c2cc3c(cc21)Oc1c(cccc1-c1ccccc1-c1nc(-c2ccccc2)nc(-c2cccc(-c4cccc(C#N)c4)c2)n1)O3. The third-order valence-corrected chi connectivity index (χ3v) is 10.6. The standard InChI is InChI=1S/C49H32N4O2/c1-49(2)40-23-9-8-20-36(40)39-27-43-44(28-41(39)49)55-45-37(22-12-24-42(45)54-43)35-19-6-7-21-38(35)48-52-46(31-14-4-3-5-15-31)51-47(53-48)34-18-11-17-33(26-34)32-16-10-13-30(25-32)29-50/h3-28H,1-2H3. The maximum absolute atomic E-state index is 9.52. The van der Waals surface area contributed by atoms with Crippen LogP contribution in [0, 0.1) is 11.3 Å². The molecule has 1 aromatic heterocycles. The Hall–Kier alpha value is -7.36. The van der Waals surface area contributed by atoms with E-state index in [0.717, 1.165) is 38.9 Å². The molecule has 260 valence electrons. The number of nitrogens with zero attached hydrogens (tertiary/aromatic N) is 4. The molecule has 0 fully saturated rings. The van der Waals surface area contributed by atoms with Crippen LogP contribution in [-0.2, 0) is 5.41 Å². The molecule has 2 heterocycles. The number of para-hydroxylation sites is 1. The van der Waals surface area contributed by atoms with Crippen LogP contribution in [0.3, 0.4) is 0 Å². The Bertz CT molecular complexity index is 2870. The van der Waals surface area contributed by atoms with E-state index in [1.54, 1.807) is 6.07 Å². The van der Waals surface area contributed by atoms with E-state index in [0.29, 0.717) is 46.0 Å². The van der Waals surface area contributed by atoms with Gasteiger partial charge in [0.1, 0.15) is 0 Å². The van der Waals surface area contributed by atoms with Crippen LogP contribution in [0.4, 0.5) is 0 Å². The number of rotatable bonds is 5. The van der Waals surface area contributed by atoms with Gasteiger partial charge >= 0.3 is 0 Å². The van der Waals surface area contributed by atoms with Crippen molar-refractivity contribution in [3.8, 4) is 96.6 Å². The van der Waals surface area contributed by atoms with E-state index >= 15 is 0 Å². The van der Waals surface area contributed by atoms with Gasteiger partial charge in [0.15, 0.2) is 40.5 Å². The predicted octanol–water partition coefficient (Wildman–Crippen LogP) is 12.3. The molecule has 0 saturated carbocycles. The molecular weight excluding hydrogens is 677 g/mol. The summed E-state index contributed by atoms with van der Waals surface area (Å²) in [5, 5.41) is 9.52. The summed E-state index contributed by atoms with van der Waals surface area (Å²) in [7, 11) is 0. The lowest BCUT2D eigenvalue weighted by molar-refractivity contribution is 0.360. The molecule has 8 aromatic rings. The van der Waals surface area contributed by atoms with Crippen molar-refractivity contribution < 1.29 is 9.47 Å². The lowest BCUT2D eigenvalue weighted by Crippen LogP contribution is -2.15. The van der Waals surface area contributed by atoms with Crippen molar-refractivity contribution in [1.29, 1.82) is 5.26 Å². The van der Waals surface area contributed by atoms with Gasteiger partial charge in [-0.25, -0.2) is 15.0 Å². The van der Waals surface area contributed by atoms with Gasteiger partial charge in [-0.1, -0.05) is 135 Å². The number of ether oxygens (including phenoxy) is 2. The van der Waals surface area contributed by atoms with E-state index in [1.807, 2.05) is 97.1 Å². The van der Waals surface area contributed by atoms with Crippen LogP contribution in [-0.4, -0.2) is 15.0 Å². The number of nitriles is 1. The van der Waals surface area contributed by atoms with Crippen LogP contribution < -0.4 is 9.47 Å². The third-order valence-electron chi connectivity index (χ3n) is 10.6. The Morgan fingerprint density at radius 2 is 1.04 bits per heavy atom. The highest BCUT2D eigenvalue weighted by atomic mass is 16.6. The molecule has 10 rings (SSSR count). The zero-order valence-corrected chi connectivity index (χ0v) is 30.1. The maximum Gasteiger partial charge on any atom is 0.177 e. The van der Waals surface area contributed by atoms with Gasteiger partial charge in [-0.05, 0) is 75.3 Å². The summed E-state index contributed by atoms with van der Waals surface area (Å²) in [6.45, 7) is 4.52. The lowest BCUT2D eigenvalue weighted by Gasteiger charge is -2.26. The summed E-state index contributed by atoms with van der Waals surface area (Å²) in [6, 6.07) is 54.8. The quantitative estimate of drug-likeness (QED) is 0.177. The van der Waals surface area contributed by atoms with Crippen molar-refractivity contribution in [2.45, 2.75) is 19.3 Å². The fourth-order valence-electron chi connectivity index (χ4n) is 7.87. The van der Waals surface area contributed by atoms with Crippen LogP contribution in [0.2, 0.25) is 0 Å². The van der Waals surface area contributed by atoms with E-state index in [2.05, 4.69) is 74.5 Å². The maximum atomic E-state index is 9.52. The highest BCUT2D eigenvalue weighted by molar-refractivity contribution is 5.88. The van der Waals surface area contributed by atoms with Gasteiger partial charge in [-0.15, -0.1) is 0 Å². The van der Waals surface area contributed by atoms with Gasteiger partial charge in [0.2, 0.25) is 0 Å². The van der Waals surface area contributed by atoms with Crippen LogP contribution in [0.15, 0.2) is 158 Å². The molecule has 0 bridgehead atoms. The second-order valence-corrected chi connectivity index (χ2v) is 14.3. The van der Waals surface area contributed by atoms with Crippen molar-refractivity contribution in [3.63, 3.8) is 0 Å². The van der Waals surface area contributed by atoms with Gasteiger partial charge in [-0.3, -0.25) is 0 Å². The monoisotopic (exact) mass is 708 g/mol. The largest absolute Gasteiger partial charge is 0.449 e. The zero-order valence-electron chi connectivity index (χ0n) is 30.1. The highest BCUT2D eigenvalue weighted by Gasteiger charge is 2.37. The van der Waals surface area contributed by atoms with Crippen molar-refractivity contribution in [3.05, 3.63) is 174 Å². The minimum Gasteiger partial charge on any atom is -0.449 e. The average Bonchev–Trinajstić information content (AvgIpc) is 3.46. The number of hydrogen-bond donors (Lipinski definition) is 0. The molecule has 6 nitrogen and oxygen atoms in total. The number of aromatic nitrogens is 3. The molecule has 0 N–H and O–H groups in total. The molecule has 55 heavy (non-hydrogen) atoms. The number of hydrogen-bond acceptors (Lipinski definition) is 6. The molecule has 2 aliphatic rings. The topological polar surface area (TPSA) is 80.9 Å². The fraction of sp³-hybridized carbons (Fsp3) is 0.0612. The first-order valence-electron chi connectivity index (χ1n) is 18.2. The third kappa shape index (κ3) is 5.45. The Morgan fingerprint density at radius 1 is 0.436 bits per heavy atom. The Labute approximate surface area is 319 Å². The molecule has 0 unspecified atom stereocenters. The van der Waals surface area contributed by atoms with E-state index in [1.165, 1.54) is 22.3 Å². The Kier molecular flexibility index (Phi) is 7.43. The second-order valence-electron chi connectivity index (χ2n) is 14.3. The van der Waals surface area contributed by atoms with Crippen molar-refractivity contribution >= 4 is 0 Å². The molecule has 0 spiro atoms. The minimum absolute atomic E-state index is 0.177. The first-order valence-corrected chi connectivity index (χ1v) is 18.2. The Morgan fingerprint density at radius 3 is 1.85 bits per heavy atom. The van der Waals surface area contributed by atoms with Crippen molar-refractivity contribution in [2.24, 2.45) is 0 Å². The van der Waals surface area contributed by atoms with Crippen LogP contribution in [0.1, 0.15) is 30.5 Å². The van der Waals surface area contributed by atoms with E-state index < -0.39 is 0 Å². The smallest absolute Gasteiger partial charge is 0.177 e. The minimum atomic E-state index is -0.177. The molecule has 1 aliphatic carbocycles. The molecule has 1 aliphatic heterocycles. The molecule has 7 aromatic carbocycles. The molecule has 0 amide bonds. The normalized spacial score (nSPS) is 13.0. The number of fused-ring (bicyclic) bond motifs is 5. The summed E-state index contributed by atoms with van der Waals surface area (Å²) in [5.74, 6) is 4.30. The van der Waals surface area contributed by atoms with Gasteiger partial charge < -0.3 is 9.47 Å². The van der Waals surface area contributed by atoms with Gasteiger partial charge in [-0.2, -0.15) is 5.26 Å². The van der Waals surface area contributed by atoms with Gasteiger partial charge in [0, 0.05) is 27.7 Å². The Balaban J connectivity index is 1.09. The predicted molar refractivity (Wildman–Crippen MR) is 216 cm³/mol. The summed E-state index contributed by atoms with van der Waals surface area (Å²) >= 11 is 0.